The molecule has 0 aromatic heterocycles. The van der Waals surface area contributed by atoms with E-state index >= 15 is 0 Å². The van der Waals surface area contributed by atoms with Crippen LogP contribution in [0.5, 0.6) is 0 Å². The smallest absolute Gasteiger partial charge is 0.335 e. The standard InChI is InChI=1S/C14H19NO5S/c16-14(17)13-3-1-2-12(8-13)10-21(18,19)15-6-7-20-9-11-4-5-11/h1-3,8,11,15H,4-7,9-10H2,(H,16,17). The first kappa shape index (κ1) is 15.9. The fourth-order valence-corrected chi connectivity index (χ4v) is 2.98. The van der Waals surface area contributed by atoms with Crippen molar-refractivity contribution in [2.45, 2.75) is 18.6 Å². The zero-order chi connectivity index (χ0) is 15.3. The van der Waals surface area contributed by atoms with Crippen LogP contribution in [0.25, 0.3) is 0 Å². The zero-order valence-electron chi connectivity index (χ0n) is 11.6. The predicted octanol–water partition coefficient (Wildman–Crippen LogP) is 1.23. The van der Waals surface area contributed by atoms with Crippen molar-refractivity contribution in [1.29, 1.82) is 0 Å². The minimum Gasteiger partial charge on any atom is -0.478 e. The Kier molecular flexibility index (Phi) is 5.33. The molecular formula is C14H19NO5S. The molecule has 0 spiro atoms. The van der Waals surface area contributed by atoms with E-state index in [0.29, 0.717) is 24.7 Å². The predicted molar refractivity (Wildman–Crippen MR) is 77.6 cm³/mol. The van der Waals surface area contributed by atoms with Gasteiger partial charge < -0.3 is 9.84 Å². The Hall–Kier alpha value is -1.44. The summed E-state index contributed by atoms with van der Waals surface area (Å²) < 4.78 is 31.6. The van der Waals surface area contributed by atoms with E-state index in [-0.39, 0.29) is 17.9 Å². The average Bonchev–Trinajstić information content (AvgIpc) is 3.22. The molecular weight excluding hydrogens is 294 g/mol. The quantitative estimate of drug-likeness (QED) is 0.669. The van der Waals surface area contributed by atoms with Gasteiger partial charge in [0.15, 0.2) is 0 Å². The van der Waals surface area contributed by atoms with E-state index < -0.39 is 16.0 Å². The molecule has 0 radical (unpaired) electrons. The van der Waals surface area contributed by atoms with Crippen LogP contribution in [-0.2, 0) is 20.5 Å². The number of rotatable bonds is 9. The summed E-state index contributed by atoms with van der Waals surface area (Å²) in [5.74, 6) is -0.660. The molecule has 6 nitrogen and oxygen atoms in total. The van der Waals surface area contributed by atoms with E-state index in [1.54, 1.807) is 6.07 Å². The third kappa shape index (κ3) is 5.82. The number of carboxylic acids is 1. The molecule has 1 fully saturated rings. The number of hydrogen-bond acceptors (Lipinski definition) is 4. The fraction of sp³-hybridized carbons (Fsp3) is 0.500. The van der Waals surface area contributed by atoms with Crippen molar-refractivity contribution in [2.24, 2.45) is 5.92 Å². The summed E-state index contributed by atoms with van der Waals surface area (Å²) >= 11 is 0. The van der Waals surface area contributed by atoms with Crippen LogP contribution in [0.3, 0.4) is 0 Å². The van der Waals surface area contributed by atoms with Crippen molar-refractivity contribution in [3.8, 4) is 0 Å². The lowest BCUT2D eigenvalue weighted by Gasteiger charge is -2.08. The molecule has 2 N–H and O–H groups in total. The van der Waals surface area contributed by atoms with Crippen molar-refractivity contribution >= 4 is 16.0 Å². The van der Waals surface area contributed by atoms with E-state index in [2.05, 4.69) is 4.72 Å². The summed E-state index contributed by atoms with van der Waals surface area (Å²) in [6.07, 6.45) is 2.40. The first-order valence-electron chi connectivity index (χ1n) is 6.83. The highest BCUT2D eigenvalue weighted by atomic mass is 32.2. The van der Waals surface area contributed by atoms with Crippen LogP contribution in [0.15, 0.2) is 24.3 Å². The van der Waals surface area contributed by atoms with Gasteiger partial charge in [0.05, 0.1) is 17.9 Å². The third-order valence-electron chi connectivity index (χ3n) is 3.15. The number of carbonyl (C=O) groups is 1. The fourth-order valence-electron chi connectivity index (χ4n) is 1.87. The molecule has 1 aromatic carbocycles. The molecule has 116 valence electrons. The lowest BCUT2D eigenvalue weighted by atomic mass is 10.1. The van der Waals surface area contributed by atoms with Gasteiger partial charge in [-0.25, -0.2) is 17.9 Å². The molecule has 0 aliphatic heterocycles. The van der Waals surface area contributed by atoms with Crippen molar-refractivity contribution in [2.75, 3.05) is 19.8 Å². The Balaban J connectivity index is 1.79. The van der Waals surface area contributed by atoms with Crippen LogP contribution in [0, 0.1) is 5.92 Å². The molecule has 0 saturated heterocycles. The monoisotopic (exact) mass is 313 g/mol. The van der Waals surface area contributed by atoms with Gasteiger partial charge in [0.2, 0.25) is 10.0 Å². The number of carboxylic acid groups (broad SMARTS) is 1. The maximum Gasteiger partial charge on any atom is 0.335 e. The SMILES string of the molecule is O=C(O)c1cccc(CS(=O)(=O)NCCOCC2CC2)c1. The van der Waals surface area contributed by atoms with Gasteiger partial charge >= 0.3 is 5.97 Å². The normalized spacial score (nSPS) is 15.0. The molecule has 0 heterocycles. The summed E-state index contributed by atoms with van der Waals surface area (Å²) in [6, 6.07) is 5.92. The van der Waals surface area contributed by atoms with Crippen molar-refractivity contribution in [1.82, 2.24) is 4.72 Å². The Bertz CT molecular complexity index is 595. The summed E-state index contributed by atoms with van der Waals surface area (Å²) in [5, 5.41) is 8.88. The summed E-state index contributed by atoms with van der Waals surface area (Å²) in [7, 11) is -3.49. The van der Waals surface area contributed by atoms with Crippen molar-refractivity contribution < 1.29 is 23.1 Å². The minimum atomic E-state index is -3.49. The van der Waals surface area contributed by atoms with Crippen LogP contribution < -0.4 is 4.72 Å². The highest BCUT2D eigenvalue weighted by Crippen LogP contribution is 2.28. The highest BCUT2D eigenvalue weighted by molar-refractivity contribution is 7.88. The van der Waals surface area contributed by atoms with Crippen LogP contribution in [0.2, 0.25) is 0 Å². The van der Waals surface area contributed by atoms with Gasteiger partial charge in [-0.15, -0.1) is 0 Å². The lowest BCUT2D eigenvalue weighted by Crippen LogP contribution is -2.28. The molecule has 1 aliphatic carbocycles. The van der Waals surface area contributed by atoms with E-state index in [0.717, 1.165) is 0 Å². The first-order chi connectivity index (χ1) is 9.96. The number of hydrogen-bond donors (Lipinski definition) is 2. The molecule has 1 aromatic rings. The van der Waals surface area contributed by atoms with Crippen LogP contribution in [-0.4, -0.2) is 39.3 Å². The van der Waals surface area contributed by atoms with Gasteiger partial charge in [-0.1, -0.05) is 12.1 Å². The maximum atomic E-state index is 11.9. The molecule has 7 heteroatoms. The molecule has 0 bridgehead atoms. The van der Waals surface area contributed by atoms with Crippen LogP contribution in [0.1, 0.15) is 28.8 Å². The van der Waals surface area contributed by atoms with E-state index in [1.165, 1.54) is 31.0 Å². The molecule has 0 amide bonds. The Morgan fingerprint density at radius 1 is 1.38 bits per heavy atom. The third-order valence-corrected chi connectivity index (χ3v) is 4.51. The topological polar surface area (TPSA) is 92.7 Å². The Labute approximate surface area is 124 Å². The van der Waals surface area contributed by atoms with Gasteiger partial charge in [0, 0.05) is 13.2 Å². The number of aromatic carboxylic acids is 1. The van der Waals surface area contributed by atoms with Gasteiger partial charge in [0.25, 0.3) is 0 Å². The first-order valence-corrected chi connectivity index (χ1v) is 8.49. The maximum absolute atomic E-state index is 11.9. The second kappa shape index (κ2) is 7.02. The minimum absolute atomic E-state index is 0.0791. The molecule has 21 heavy (non-hydrogen) atoms. The largest absolute Gasteiger partial charge is 0.478 e. The average molecular weight is 313 g/mol. The summed E-state index contributed by atoms with van der Waals surface area (Å²) in [4.78, 5) is 10.8. The summed E-state index contributed by atoms with van der Waals surface area (Å²) in [6.45, 7) is 1.28. The zero-order valence-corrected chi connectivity index (χ0v) is 12.4. The van der Waals surface area contributed by atoms with Gasteiger partial charge in [0.1, 0.15) is 0 Å². The Morgan fingerprint density at radius 2 is 2.14 bits per heavy atom. The van der Waals surface area contributed by atoms with Crippen LogP contribution in [0.4, 0.5) is 0 Å². The van der Waals surface area contributed by atoms with Gasteiger partial charge in [-0.3, -0.25) is 0 Å². The molecule has 1 aliphatic rings. The number of benzene rings is 1. The second-order valence-corrected chi connectivity index (χ2v) is 6.98. The highest BCUT2D eigenvalue weighted by Gasteiger charge is 2.21. The van der Waals surface area contributed by atoms with Crippen LogP contribution >= 0.6 is 0 Å². The number of ether oxygens (including phenoxy) is 1. The lowest BCUT2D eigenvalue weighted by molar-refractivity contribution is 0.0696. The molecule has 0 unspecified atom stereocenters. The van der Waals surface area contributed by atoms with E-state index in [4.69, 9.17) is 9.84 Å². The Morgan fingerprint density at radius 3 is 2.81 bits per heavy atom. The van der Waals surface area contributed by atoms with Crippen molar-refractivity contribution in [3.05, 3.63) is 35.4 Å². The molecule has 0 atom stereocenters. The van der Waals surface area contributed by atoms with E-state index in [9.17, 15) is 13.2 Å². The summed E-state index contributed by atoms with van der Waals surface area (Å²) in [5.41, 5.74) is 0.525. The van der Waals surface area contributed by atoms with Crippen molar-refractivity contribution in [3.63, 3.8) is 0 Å². The number of sulfonamides is 1. The molecule has 1 saturated carbocycles. The van der Waals surface area contributed by atoms with Gasteiger partial charge in [-0.2, -0.15) is 0 Å². The molecule has 2 rings (SSSR count). The second-order valence-electron chi connectivity index (χ2n) is 5.18. The van der Waals surface area contributed by atoms with E-state index in [1.807, 2.05) is 0 Å². The van der Waals surface area contributed by atoms with Gasteiger partial charge in [-0.05, 0) is 36.5 Å². The number of nitrogens with one attached hydrogen (secondary N) is 1.